The van der Waals surface area contributed by atoms with Crippen LogP contribution < -0.4 is 5.32 Å². The van der Waals surface area contributed by atoms with Gasteiger partial charge in [0.25, 0.3) is 5.91 Å². The van der Waals surface area contributed by atoms with Crippen LogP contribution in [-0.2, 0) is 0 Å². The van der Waals surface area contributed by atoms with Crippen molar-refractivity contribution in [2.24, 2.45) is 0 Å². The molecule has 15 heavy (non-hydrogen) atoms. The summed E-state index contributed by atoms with van der Waals surface area (Å²) in [5.41, 5.74) is 0.713. The minimum absolute atomic E-state index is 0.156. The van der Waals surface area contributed by atoms with Gasteiger partial charge in [0.2, 0.25) is 0 Å². The van der Waals surface area contributed by atoms with E-state index in [4.69, 9.17) is 11.6 Å². The summed E-state index contributed by atoms with van der Waals surface area (Å²) in [7, 11) is 0. The van der Waals surface area contributed by atoms with E-state index < -0.39 is 0 Å². The molecule has 2 aromatic rings. The highest BCUT2D eigenvalue weighted by Crippen LogP contribution is 2.06. The van der Waals surface area contributed by atoms with Gasteiger partial charge in [0, 0.05) is 6.20 Å². The van der Waals surface area contributed by atoms with Crippen molar-refractivity contribution in [1.82, 2.24) is 20.2 Å². The number of H-pyrrole nitrogens is 1. The standard InChI is InChI=1S/C8H6ClN5O/c9-7-4-10-3-6(14-7)8(15)13-5-1-11-12-2-5/h1-4H,(H,11,12)(H,13,15). The van der Waals surface area contributed by atoms with Gasteiger partial charge < -0.3 is 5.32 Å². The van der Waals surface area contributed by atoms with E-state index in [2.05, 4.69) is 25.5 Å². The summed E-state index contributed by atoms with van der Waals surface area (Å²) in [6, 6.07) is 0. The Balaban J connectivity index is 2.15. The van der Waals surface area contributed by atoms with E-state index >= 15 is 0 Å². The molecule has 0 bridgehead atoms. The fourth-order valence-corrected chi connectivity index (χ4v) is 1.11. The van der Waals surface area contributed by atoms with E-state index in [-0.39, 0.29) is 16.8 Å². The van der Waals surface area contributed by atoms with Crippen LogP contribution in [0.5, 0.6) is 0 Å². The number of nitrogens with one attached hydrogen (secondary N) is 2. The molecule has 2 rings (SSSR count). The Labute approximate surface area is 89.7 Å². The van der Waals surface area contributed by atoms with Crippen molar-refractivity contribution >= 4 is 23.2 Å². The van der Waals surface area contributed by atoms with E-state index in [1.807, 2.05) is 0 Å². The molecule has 2 N–H and O–H groups in total. The van der Waals surface area contributed by atoms with Gasteiger partial charge in [-0.15, -0.1) is 0 Å². The number of halogens is 1. The van der Waals surface area contributed by atoms with Crippen LogP contribution in [0.3, 0.4) is 0 Å². The number of anilines is 1. The summed E-state index contributed by atoms with van der Waals surface area (Å²) in [4.78, 5) is 19.1. The van der Waals surface area contributed by atoms with Crippen LogP contribution >= 0.6 is 11.6 Å². The Morgan fingerprint density at radius 3 is 2.93 bits per heavy atom. The number of hydrogen-bond donors (Lipinski definition) is 2. The average Bonchev–Trinajstić information content (AvgIpc) is 2.70. The van der Waals surface area contributed by atoms with Crippen molar-refractivity contribution in [1.29, 1.82) is 0 Å². The lowest BCUT2D eigenvalue weighted by molar-refractivity contribution is 0.102. The minimum Gasteiger partial charge on any atom is -0.318 e. The summed E-state index contributed by atoms with van der Waals surface area (Å²) in [5, 5.41) is 9.00. The maximum atomic E-state index is 11.6. The summed E-state index contributed by atoms with van der Waals surface area (Å²) in [5.74, 6) is -0.383. The Morgan fingerprint density at radius 1 is 1.40 bits per heavy atom. The highest BCUT2D eigenvalue weighted by atomic mass is 35.5. The summed E-state index contributed by atoms with van der Waals surface area (Å²) in [6.45, 7) is 0. The third-order valence-electron chi connectivity index (χ3n) is 1.59. The molecule has 1 amide bonds. The zero-order valence-corrected chi connectivity index (χ0v) is 8.19. The van der Waals surface area contributed by atoms with Crippen molar-refractivity contribution in [3.05, 3.63) is 35.6 Å². The second kappa shape index (κ2) is 4.05. The van der Waals surface area contributed by atoms with Crippen molar-refractivity contribution in [2.75, 3.05) is 5.32 Å². The van der Waals surface area contributed by atoms with Crippen LogP contribution in [0.1, 0.15) is 10.5 Å². The van der Waals surface area contributed by atoms with E-state index in [0.717, 1.165) is 0 Å². The van der Waals surface area contributed by atoms with E-state index in [0.29, 0.717) is 5.69 Å². The van der Waals surface area contributed by atoms with Gasteiger partial charge in [-0.25, -0.2) is 4.98 Å². The van der Waals surface area contributed by atoms with Crippen LogP contribution in [0.15, 0.2) is 24.8 Å². The highest BCUT2D eigenvalue weighted by molar-refractivity contribution is 6.29. The van der Waals surface area contributed by atoms with Crippen LogP contribution in [0.2, 0.25) is 5.15 Å². The molecule has 0 atom stereocenters. The monoisotopic (exact) mass is 223 g/mol. The van der Waals surface area contributed by atoms with Crippen LogP contribution in [0, 0.1) is 0 Å². The normalized spacial score (nSPS) is 9.93. The molecule has 6 nitrogen and oxygen atoms in total. The summed E-state index contributed by atoms with van der Waals surface area (Å²) >= 11 is 5.60. The quantitative estimate of drug-likeness (QED) is 0.799. The molecular formula is C8H6ClN5O. The zero-order chi connectivity index (χ0) is 10.7. The lowest BCUT2D eigenvalue weighted by Crippen LogP contribution is -2.13. The van der Waals surface area contributed by atoms with E-state index in [9.17, 15) is 4.79 Å². The Kier molecular flexibility index (Phi) is 2.59. The number of carbonyl (C=O) groups excluding carboxylic acids is 1. The fraction of sp³-hybridized carbons (Fsp3) is 0. The SMILES string of the molecule is O=C(Nc1cn[nH]c1)c1cncc(Cl)n1. The molecule has 0 aliphatic rings. The number of amides is 1. The number of hydrogen-bond acceptors (Lipinski definition) is 4. The number of rotatable bonds is 2. The van der Waals surface area contributed by atoms with Gasteiger partial charge in [-0.1, -0.05) is 11.6 Å². The van der Waals surface area contributed by atoms with Gasteiger partial charge in [0.05, 0.1) is 24.3 Å². The molecule has 0 unspecified atom stereocenters. The van der Waals surface area contributed by atoms with Crippen LogP contribution in [0.25, 0.3) is 0 Å². The first-order valence-electron chi connectivity index (χ1n) is 4.03. The van der Waals surface area contributed by atoms with Crippen molar-refractivity contribution < 1.29 is 4.79 Å². The molecule has 7 heteroatoms. The smallest absolute Gasteiger partial charge is 0.276 e. The third-order valence-corrected chi connectivity index (χ3v) is 1.78. The van der Waals surface area contributed by atoms with Gasteiger partial charge in [-0.3, -0.25) is 14.9 Å². The lowest BCUT2D eigenvalue weighted by atomic mass is 10.4. The molecular weight excluding hydrogens is 218 g/mol. The fourth-order valence-electron chi connectivity index (χ4n) is 0.966. The average molecular weight is 224 g/mol. The van der Waals surface area contributed by atoms with Gasteiger partial charge in [-0.2, -0.15) is 5.10 Å². The zero-order valence-electron chi connectivity index (χ0n) is 7.44. The Morgan fingerprint density at radius 2 is 2.27 bits per heavy atom. The molecule has 0 radical (unpaired) electrons. The summed E-state index contributed by atoms with van der Waals surface area (Å²) < 4.78 is 0. The largest absolute Gasteiger partial charge is 0.318 e. The first-order valence-corrected chi connectivity index (χ1v) is 4.41. The number of aromatic nitrogens is 4. The van der Waals surface area contributed by atoms with Crippen molar-refractivity contribution in [3.8, 4) is 0 Å². The molecule has 0 spiro atoms. The van der Waals surface area contributed by atoms with Gasteiger partial charge in [0.1, 0.15) is 10.8 Å². The van der Waals surface area contributed by atoms with Crippen LogP contribution in [0.4, 0.5) is 5.69 Å². The predicted molar refractivity (Wildman–Crippen MR) is 53.6 cm³/mol. The second-order valence-corrected chi connectivity index (χ2v) is 3.06. The minimum atomic E-state index is -0.383. The van der Waals surface area contributed by atoms with E-state index in [1.54, 1.807) is 6.20 Å². The Bertz CT molecular complexity index is 470. The molecule has 2 heterocycles. The first-order chi connectivity index (χ1) is 7.25. The molecule has 0 fully saturated rings. The second-order valence-electron chi connectivity index (χ2n) is 2.67. The van der Waals surface area contributed by atoms with Crippen LogP contribution in [-0.4, -0.2) is 26.1 Å². The number of nitrogens with zero attached hydrogens (tertiary/aromatic N) is 3. The number of aromatic amines is 1. The molecule has 0 saturated carbocycles. The number of carbonyl (C=O) groups is 1. The molecule has 0 saturated heterocycles. The molecule has 2 aromatic heterocycles. The highest BCUT2D eigenvalue weighted by Gasteiger charge is 2.08. The van der Waals surface area contributed by atoms with Crippen molar-refractivity contribution in [3.63, 3.8) is 0 Å². The molecule has 0 aromatic carbocycles. The molecule has 0 aliphatic heterocycles. The lowest BCUT2D eigenvalue weighted by Gasteiger charge is -2.00. The molecule has 0 aliphatic carbocycles. The maximum absolute atomic E-state index is 11.6. The van der Waals surface area contributed by atoms with Gasteiger partial charge >= 0.3 is 0 Å². The third kappa shape index (κ3) is 2.29. The predicted octanol–water partition coefficient (Wildman–Crippen LogP) is 1.11. The maximum Gasteiger partial charge on any atom is 0.276 e. The van der Waals surface area contributed by atoms with E-state index in [1.165, 1.54) is 18.6 Å². The first kappa shape index (κ1) is 9.60. The van der Waals surface area contributed by atoms with Crippen molar-refractivity contribution in [2.45, 2.75) is 0 Å². The van der Waals surface area contributed by atoms with Gasteiger partial charge in [0.15, 0.2) is 0 Å². The summed E-state index contributed by atoms with van der Waals surface area (Å²) in [6.07, 6.45) is 5.73. The molecule has 76 valence electrons. The Hall–Kier alpha value is -1.95. The van der Waals surface area contributed by atoms with Gasteiger partial charge in [-0.05, 0) is 0 Å². The topological polar surface area (TPSA) is 83.6 Å².